The summed E-state index contributed by atoms with van der Waals surface area (Å²) in [6.45, 7) is 1.60. The van der Waals surface area contributed by atoms with Gasteiger partial charge in [-0.3, -0.25) is 0 Å². The van der Waals surface area contributed by atoms with Crippen LogP contribution < -0.4 is 4.73 Å². The molecule has 1 rings (SSSR count). The number of hydrogen-bond donors (Lipinski definition) is 0. The second kappa shape index (κ2) is 3.17. The summed E-state index contributed by atoms with van der Waals surface area (Å²) in [4.78, 5) is 14.6. The maximum Gasteiger partial charge on any atom is 0.363 e. The first-order valence-corrected chi connectivity index (χ1v) is 3.29. The summed E-state index contributed by atoms with van der Waals surface area (Å²) < 4.78 is 4.95. The van der Waals surface area contributed by atoms with Crippen molar-refractivity contribution in [3.8, 4) is 0 Å². The van der Waals surface area contributed by atoms with Crippen LogP contribution >= 0.6 is 0 Å². The van der Waals surface area contributed by atoms with Crippen molar-refractivity contribution in [2.45, 2.75) is 6.92 Å². The molecule has 0 bridgehead atoms. The SMILES string of the molecule is COC(=O)c1c[n+]([O-])c(C)cn1. The molecule has 5 nitrogen and oxygen atoms in total. The maximum absolute atomic E-state index is 10.9. The predicted octanol–water partition coefficient (Wildman–Crippen LogP) is -0.190. The summed E-state index contributed by atoms with van der Waals surface area (Å²) in [5, 5.41) is 10.9. The van der Waals surface area contributed by atoms with Gasteiger partial charge in [-0.1, -0.05) is 0 Å². The number of hydrogen-bond acceptors (Lipinski definition) is 4. The molecule has 1 aromatic rings. The third-order valence-electron chi connectivity index (χ3n) is 1.37. The molecule has 1 aromatic heterocycles. The monoisotopic (exact) mass is 168 g/mol. The second-order valence-electron chi connectivity index (χ2n) is 2.23. The lowest BCUT2D eigenvalue weighted by Crippen LogP contribution is -2.31. The molecule has 0 aliphatic heterocycles. The number of methoxy groups -OCH3 is 1. The molecule has 12 heavy (non-hydrogen) atoms. The molecule has 0 saturated carbocycles. The average molecular weight is 168 g/mol. The molecule has 0 amide bonds. The molecule has 0 aromatic carbocycles. The Labute approximate surface area is 69.2 Å². The van der Waals surface area contributed by atoms with Gasteiger partial charge in [0.2, 0.25) is 17.6 Å². The summed E-state index contributed by atoms with van der Waals surface area (Å²) in [6, 6.07) is 0. The standard InChI is InChI=1S/C7H8N2O3/c1-5-3-8-6(4-9(5)11)7(10)12-2/h3-4H,1-2H3. The van der Waals surface area contributed by atoms with E-state index in [2.05, 4.69) is 9.72 Å². The molecule has 0 radical (unpaired) electrons. The quantitative estimate of drug-likeness (QED) is 0.331. The van der Waals surface area contributed by atoms with E-state index in [0.29, 0.717) is 10.4 Å². The van der Waals surface area contributed by atoms with Crippen LogP contribution in [0.4, 0.5) is 0 Å². The van der Waals surface area contributed by atoms with Crippen molar-refractivity contribution in [1.82, 2.24) is 4.98 Å². The molecular formula is C7H8N2O3. The van der Waals surface area contributed by atoms with Gasteiger partial charge in [0.15, 0.2) is 0 Å². The van der Waals surface area contributed by atoms with Crippen molar-refractivity contribution in [2.24, 2.45) is 0 Å². The molecule has 0 spiro atoms. The first kappa shape index (κ1) is 8.45. The van der Waals surface area contributed by atoms with Crippen LogP contribution in [0.15, 0.2) is 12.4 Å². The van der Waals surface area contributed by atoms with E-state index in [1.165, 1.54) is 13.3 Å². The van der Waals surface area contributed by atoms with Crippen LogP contribution in [0.25, 0.3) is 0 Å². The van der Waals surface area contributed by atoms with Gasteiger partial charge in [-0.2, -0.15) is 4.73 Å². The van der Waals surface area contributed by atoms with Gasteiger partial charge in [0.25, 0.3) is 0 Å². The number of carbonyl (C=O) groups is 1. The lowest BCUT2D eigenvalue weighted by atomic mass is 10.4. The van der Waals surface area contributed by atoms with Crippen molar-refractivity contribution in [3.63, 3.8) is 0 Å². The zero-order valence-corrected chi connectivity index (χ0v) is 6.77. The third kappa shape index (κ3) is 1.50. The van der Waals surface area contributed by atoms with Crippen LogP contribution in [-0.2, 0) is 4.74 Å². The Morgan fingerprint density at radius 3 is 2.92 bits per heavy atom. The average Bonchev–Trinajstić information content (AvgIpc) is 2.08. The minimum absolute atomic E-state index is 0.0121. The summed E-state index contributed by atoms with van der Waals surface area (Å²) in [6.07, 6.45) is 2.40. The van der Waals surface area contributed by atoms with Gasteiger partial charge in [0, 0.05) is 6.92 Å². The van der Waals surface area contributed by atoms with Crippen molar-refractivity contribution in [1.29, 1.82) is 0 Å². The molecule has 64 valence electrons. The van der Waals surface area contributed by atoms with Crippen LogP contribution in [0, 0.1) is 12.1 Å². The van der Waals surface area contributed by atoms with Gasteiger partial charge in [0.05, 0.1) is 13.3 Å². The number of nitrogens with zero attached hydrogens (tertiary/aromatic N) is 2. The Morgan fingerprint density at radius 1 is 1.75 bits per heavy atom. The number of aryl methyl sites for hydroxylation is 1. The molecule has 0 fully saturated rings. The normalized spacial score (nSPS) is 9.50. The molecule has 0 atom stereocenters. The highest BCUT2D eigenvalue weighted by atomic mass is 16.5. The number of ether oxygens (including phenoxy) is 1. The van der Waals surface area contributed by atoms with Crippen molar-refractivity contribution < 1.29 is 14.3 Å². The Morgan fingerprint density at radius 2 is 2.42 bits per heavy atom. The van der Waals surface area contributed by atoms with Gasteiger partial charge < -0.3 is 9.94 Å². The minimum Gasteiger partial charge on any atom is -0.618 e. The number of esters is 1. The molecule has 0 unspecified atom stereocenters. The molecule has 0 aliphatic carbocycles. The van der Waals surface area contributed by atoms with E-state index in [1.54, 1.807) is 6.92 Å². The van der Waals surface area contributed by atoms with Gasteiger partial charge >= 0.3 is 5.97 Å². The fourth-order valence-electron chi connectivity index (χ4n) is 0.676. The van der Waals surface area contributed by atoms with Crippen LogP contribution in [0.5, 0.6) is 0 Å². The van der Waals surface area contributed by atoms with Crippen LogP contribution in [0.1, 0.15) is 16.2 Å². The lowest BCUT2D eigenvalue weighted by Gasteiger charge is -2.00. The minimum atomic E-state index is -0.611. The zero-order chi connectivity index (χ0) is 9.14. The van der Waals surface area contributed by atoms with Crippen molar-refractivity contribution in [2.75, 3.05) is 7.11 Å². The first-order valence-electron chi connectivity index (χ1n) is 3.29. The zero-order valence-electron chi connectivity index (χ0n) is 6.77. The number of carbonyl (C=O) groups excluding carboxylic acids is 1. The molecular weight excluding hydrogens is 160 g/mol. The highest BCUT2D eigenvalue weighted by molar-refractivity contribution is 5.86. The predicted molar refractivity (Wildman–Crippen MR) is 39.3 cm³/mol. The molecule has 0 saturated heterocycles. The van der Waals surface area contributed by atoms with Gasteiger partial charge in [-0.15, -0.1) is 0 Å². The van der Waals surface area contributed by atoms with Crippen LogP contribution in [0.2, 0.25) is 0 Å². The van der Waals surface area contributed by atoms with Crippen LogP contribution in [0.3, 0.4) is 0 Å². The van der Waals surface area contributed by atoms with Gasteiger partial charge in [-0.25, -0.2) is 9.78 Å². The Bertz CT molecular complexity index is 312. The van der Waals surface area contributed by atoms with Gasteiger partial charge in [0.1, 0.15) is 0 Å². The Hall–Kier alpha value is -1.65. The lowest BCUT2D eigenvalue weighted by molar-refractivity contribution is -0.613. The smallest absolute Gasteiger partial charge is 0.363 e. The number of aromatic nitrogens is 2. The van der Waals surface area contributed by atoms with E-state index in [1.807, 2.05) is 0 Å². The van der Waals surface area contributed by atoms with E-state index in [9.17, 15) is 10.0 Å². The van der Waals surface area contributed by atoms with E-state index in [0.717, 1.165) is 6.20 Å². The fraction of sp³-hybridized carbons (Fsp3) is 0.286. The Kier molecular flexibility index (Phi) is 2.23. The van der Waals surface area contributed by atoms with Crippen LogP contribution in [-0.4, -0.2) is 18.1 Å². The molecule has 0 aliphatic rings. The third-order valence-corrected chi connectivity index (χ3v) is 1.37. The summed E-state index contributed by atoms with van der Waals surface area (Å²) >= 11 is 0. The first-order chi connectivity index (χ1) is 5.65. The highest BCUT2D eigenvalue weighted by Crippen LogP contribution is 1.93. The summed E-state index contributed by atoms with van der Waals surface area (Å²) in [5.74, 6) is -0.611. The maximum atomic E-state index is 10.9. The van der Waals surface area contributed by atoms with E-state index >= 15 is 0 Å². The highest BCUT2D eigenvalue weighted by Gasteiger charge is 2.11. The topological polar surface area (TPSA) is 66.1 Å². The van der Waals surface area contributed by atoms with E-state index < -0.39 is 5.97 Å². The molecule has 5 heteroatoms. The fourth-order valence-corrected chi connectivity index (χ4v) is 0.676. The Balaban J connectivity index is 3.05. The second-order valence-corrected chi connectivity index (χ2v) is 2.23. The van der Waals surface area contributed by atoms with E-state index in [4.69, 9.17) is 0 Å². The van der Waals surface area contributed by atoms with Crippen molar-refractivity contribution >= 4 is 5.97 Å². The summed E-state index contributed by atoms with van der Waals surface area (Å²) in [5.41, 5.74) is 0.445. The van der Waals surface area contributed by atoms with Crippen molar-refractivity contribution in [3.05, 3.63) is 29.0 Å². The summed E-state index contributed by atoms with van der Waals surface area (Å²) in [7, 11) is 1.24. The molecule has 1 heterocycles. The largest absolute Gasteiger partial charge is 0.618 e. The van der Waals surface area contributed by atoms with Gasteiger partial charge in [-0.05, 0) is 0 Å². The van der Waals surface area contributed by atoms with E-state index in [-0.39, 0.29) is 5.69 Å². The molecule has 0 N–H and O–H groups in total. The number of rotatable bonds is 1.